The average Bonchev–Trinajstić information content (AvgIpc) is 3.59. The van der Waals surface area contributed by atoms with Crippen LogP contribution in [-0.2, 0) is 20.7 Å². The predicted octanol–water partition coefficient (Wildman–Crippen LogP) is 4.56. The molecule has 4 N–H and O–H groups in total. The van der Waals surface area contributed by atoms with Crippen molar-refractivity contribution >= 4 is 47.1 Å². The predicted molar refractivity (Wildman–Crippen MR) is 180 cm³/mol. The molecular weight excluding hydrogens is 622 g/mol. The fourth-order valence-corrected chi connectivity index (χ4v) is 5.86. The Morgan fingerprint density at radius 1 is 1.09 bits per heavy atom. The third-order valence-electron chi connectivity index (χ3n) is 8.07. The van der Waals surface area contributed by atoms with Gasteiger partial charge >= 0.3 is 6.09 Å². The van der Waals surface area contributed by atoms with Gasteiger partial charge in [0.05, 0.1) is 16.8 Å². The maximum absolute atomic E-state index is 14.1. The molecule has 248 valence electrons. The lowest BCUT2D eigenvalue weighted by Crippen LogP contribution is -2.50. The van der Waals surface area contributed by atoms with Crippen LogP contribution >= 0.6 is 11.6 Å². The van der Waals surface area contributed by atoms with E-state index in [0.29, 0.717) is 48.2 Å². The van der Waals surface area contributed by atoms with Gasteiger partial charge < -0.3 is 20.7 Å². The maximum atomic E-state index is 14.1. The summed E-state index contributed by atoms with van der Waals surface area (Å²) < 4.78 is 5.34. The molecule has 1 saturated carbocycles. The van der Waals surface area contributed by atoms with Crippen LogP contribution in [0.5, 0.6) is 0 Å². The number of tetrazole rings is 1. The van der Waals surface area contributed by atoms with Crippen LogP contribution in [0.3, 0.4) is 0 Å². The fraction of sp³-hybridized carbons (Fsp3) is 0.424. The van der Waals surface area contributed by atoms with Crippen molar-refractivity contribution in [3.8, 4) is 11.4 Å². The number of nitrogens with two attached hydrogens (primary N) is 1. The summed E-state index contributed by atoms with van der Waals surface area (Å²) in [5.41, 5.74) is 8.78. The van der Waals surface area contributed by atoms with Crippen LogP contribution in [0.2, 0.25) is 0 Å². The minimum Gasteiger partial charge on any atom is -0.444 e. The summed E-state index contributed by atoms with van der Waals surface area (Å²) in [6, 6.07) is 13.5. The van der Waals surface area contributed by atoms with E-state index in [1.54, 1.807) is 36.7 Å². The number of aromatic nitrogens is 4. The molecule has 1 aliphatic heterocycles. The second kappa shape index (κ2) is 14.9. The Hall–Kier alpha value is -4.62. The molecule has 2 heterocycles. The molecule has 0 spiro atoms. The first-order valence-electron chi connectivity index (χ1n) is 15.6. The van der Waals surface area contributed by atoms with Gasteiger partial charge in [-0.25, -0.2) is 9.69 Å². The number of H-pyrrole nitrogens is 1. The zero-order valence-corrected chi connectivity index (χ0v) is 27.5. The molecule has 5 rings (SSSR count). The van der Waals surface area contributed by atoms with E-state index in [1.165, 1.54) is 4.90 Å². The summed E-state index contributed by atoms with van der Waals surface area (Å²) >= 11 is 6.10. The summed E-state index contributed by atoms with van der Waals surface area (Å²) in [5, 5.41) is 17.4. The minimum atomic E-state index is -0.968. The molecule has 0 bridgehead atoms. The molecule has 0 radical (unpaired) electrons. The van der Waals surface area contributed by atoms with E-state index in [1.807, 2.05) is 49.9 Å². The van der Waals surface area contributed by atoms with Crippen LogP contribution in [0, 0.1) is 11.8 Å². The molecule has 1 aromatic heterocycles. The van der Waals surface area contributed by atoms with Gasteiger partial charge in [-0.2, -0.15) is 5.21 Å². The maximum Gasteiger partial charge on any atom is 0.407 e. The largest absolute Gasteiger partial charge is 0.444 e. The van der Waals surface area contributed by atoms with Crippen molar-refractivity contribution in [2.24, 2.45) is 22.6 Å². The van der Waals surface area contributed by atoms with Crippen molar-refractivity contribution in [2.75, 3.05) is 23.0 Å². The highest BCUT2D eigenvalue weighted by atomic mass is 35.5. The van der Waals surface area contributed by atoms with Gasteiger partial charge in [-0.15, -0.1) is 10.2 Å². The SMILES string of the molecule is CC(C)(C)OC(=O)NCC1CCC(C(=O)N(C(=O)[C@@H](N)Cc2ccc(N3C=C(Cl)C=NC3)cc2)c2ccc(-c3nn[nH]n3)cc2)CC1. The van der Waals surface area contributed by atoms with E-state index >= 15 is 0 Å². The van der Waals surface area contributed by atoms with Crippen LogP contribution < -0.4 is 20.9 Å². The molecule has 1 fully saturated rings. The Kier molecular flexibility index (Phi) is 10.7. The molecule has 47 heavy (non-hydrogen) atoms. The van der Waals surface area contributed by atoms with E-state index in [4.69, 9.17) is 22.1 Å². The summed E-state index contributed by atoms with van der Waals surface area (Å²) in [5.74, 6) is -0.542. The molecule has 0 saturated heterocycles. The number of nitrogens with one attached hydrogen (secondary N) is 2. The number of amides is 3. The molecule has 1 aliphatic carbocycles. The number of benzene rings is 2. The number of carbonyl (C=O) groups is 3. The minimum absolute atomic E-state index is 0.207. The molecule has 2 aliphatic rings. The van der Waals surface area contributed by atoms with E-state index in [0.717, 1.165) is 24.1 Å². The number of aliphatic imine (C=N–C) groups is 1. The van der Waals surface area contributed by atoms with E-state index in [2.05, 4.69) is 30.9 Å². The quantitative estimate of drug-likeness (QED) is 0.297. The van der Waals surface area contributed by atoms with Gasteiger partial charge in [0.2, 0.25) is 11.7 Å². The van der Waals surface area contributed by atoms with E-state index in [9.17, 15) is 14.4 Å². The number of imide groups is 1. The van der Waals surface area contributed by atoms with Gasteiger partial charge in [-0.3, -0.25) is 14.6 Å². The van der Waals surface area contributed by atoms with Crippen LogP contribution in [0.4, 0.5) is 16.2 Å². The second-order valence-electron chi connectivity index (χ2n) is 12.8. The molecule has 0 unspecified atom stereocenters. The number of anilines is 2. The fourth-order valence-electron chi connectivity index (χ4n) is 5.67. The number of alkyl carbamates (subject to hydrolysis) is 1. The lowest BCUT2D eigenvalue weighted by atomic mass is 9.81. The van der Waals surface area contributed by atoms with E-state index in [-0.39, 0.29) is 24.2 Å². The van der Waals surface area contributed by atoms with Crippen molar-refractivity contribution in [3.05, 3.63) is 65.3 Å². The summed E-state index contributed by atoms with van der Waals surface area (Å²) in [6.07, 6.45) is 5.82. The monoisotopic (exact) mass is 661 g/mol. The zero-order valence-electron chi connectivity index (χ0n) is 26.7. The van der Waals surface area contributed by atoms with Crippen LogP contribution in [-0.4, -0.2) is 69.6 Å². The summed E-state index contributed by atoms with van der Waals surface area (Å²) in [6.45, 7) is 6.37. The molecule has 3 amide bonds. The average molecular weight is 662 g/mol. The number of aromatic amines is 1. The van der Waals surface area contributed by atoms with Gasteiger partial charge in [0.15, 0.2) is 0 Å². The molecule has 1 atom stereocenters. The molecule has 2 aromatic carbocycles. The van der Waals surface area contributed by atoms with Crippen LogP contribution in [0.15, 0.2) is 64.8 Å². The number of halogens is 1. The highest BCUT2D eigenvalue weighted by Crippen LogP contribution is 2.32. The molecular formula is C33H40ClN9O4. The van der Waals surface area contributed by atoms with Crippen LogP contribution in [0.1, 0.15) is 52.0 Å². The number of allylic oxidation sites excluding steroid dienone is 1. The van der Waals surface area contributed by atoms with Crippen molar-refractivity contribution in [1.29, 1.82) is 0 Å². The number of rotatable bonds is 9. The molecule has 14 heteroatoms. The normalized spacial score (nSPS) is 18.7. The number of carbonyl (C=O) groups excluding carboxylic acids is 3. The van der Waals surface area contributed by atoms with Gasteiger partial charge in [-0.05, 0) is 106 Å². The standard InChI is InChI=1S/C33H40ClN9O4/c1-33(2,3)47-32(46)37-17-22-4-8-24(9-5-22)30(44)43(27-14-10-23(11-15-27)29-38-40-41-39-29)31(45)28(35)16-21-6-12-26(13-7-21)42-19-25(34)18-36-20-42/h6-7,10-15,18-19,22,24,28H,4-5,8-9,16-17,20,35H2,1-3H3,(H,37,46)(H,38,39,40,41)/t22?,24?,28-/m0/s1. The van der Waals surface area contributed by atoms with Crippen molar-refractivity contribution in [1.82, 2.24) is 25.9 Å². The Bertz CT molecular complexity index is 1590. The van der Waals surface area contributed by atoms with Crippen molar-refractivity contribution in [2.45, 2.75) is 64.5 Å². The van der Waals surface area contributed by atoms with Gasteiger partial charge in [0.25, 0.3) is 5.91 Å². The topological polar surface area (TPSA) is 172 Å². The lowest BCUT2D eigenvalue weighted by Gasteiger charge is -2.32. The number of hydrogen-bond donors (Lipinski definition) is 3. The third kappa shape index (κ3) is 9.01. The van der Waals surface area contributed by atoms with E-state index < -0.39 is 23.6 Å². The van der Waals surface area contributed by atoms with Gasteiger partial charge in [0, 0.05) is 36.1 Å². The first-order chi connectivity index (χ1) is 22.5. The lowest BCUT2D eigenvalue weighted by molar-refractivity contribution is -0.130. The Morgan fingerprint density at radius 3 is 2.40 bits per heavy atom. The highest BCUT2D eigenvalue weighted by Gasteiger charge is 2.35. The molecule has 3 aromatic rings. The van der Waals surface area contributed by atoms with Crippen LogP contribution in [0.25, 0.3) is 11.4 Å². The zero-order chi connectivity index (χ0) is 33.6. The number of ether oxygens (including phenoxy) is 1. The van der Waals surface area contributed by atoms with Crippen molar-refractivity contribution in [3.63, 3.8) is 0 Å². The highest BCUT2D eigenvalue weighted by molar-refractivity contribution is 6.39. The number of nitrogens with zero attached hydrogens (tertiary/aromatic N) is 6. The molecule has 13 nitrogen and oxygen atoms in total. The van der Waals surface area contributed by atoms with Gasteiger partial charge in [-0.1, -0.05) is 23.7 Å². The Morgan fingerprint density at radius 2 is 1.79 bits per heavy atom. The first kappa shape index (κ1) is 33.7. The summed E-state index contributed by atoms with van der Waals surface area (Å²) in [7, 11) is 0. The number of hydrogen-bond acceptors (Lipinski definition) is 10. The Balaban J connectivity index is 1.27. The van der Waals surface area contributed by atoms with Crippen molar-refractivity contribution < 1.29 is 19.1 Å². The summed E-state index contributed by atoms with van der Waals surface area (Å²) in [4.78, 5) is 47.5. The first-order valence-corrected chi connectivity index (χ1v) is 16.0. The smallest absolute Gasteiger partial charge is 0.407 e. The van der Waals surface area contributed by atoms with Gasteiger partial charge in [0.1, 0.15) is 12.3 Å². The third-order valence-corrected chi connectivity index (χ3v) is 8.26. The second-order valence-corrected chi connectivity index (χ2v) is 13.2. The Labute approximate surface area is 278 Å².